The quantitative estimate of drug-likeness (QED) is 0.415. The molecule has 0 unspecified atom stereocenters. The second-order valence-electron chi connectivity index (χ2n) is 6.95. The lowest BCUT2D eigenvalue weighted by Crippen LogP contribution is -1.96. The molecule has 5 rings (SSSR count). The minimum atomic E-state index is 0.567. The normalized spacial score (nSPS) is 11.2. The van der Waals surface area contributed by atoms with Crippen molar-refractivity contribution in [3.05, 3.63) is 60.8 Å². The molecule has 2 aromatic heterocycles. The highest BCUT2D eigenvalue weighted by molar-refractivity contribution is 5.98. The number of rotatable bonds is 5. The molecular formula is C24H21N3O3. The minimum absolute atomic E-state index is 0.567. The summed E-state index contributed by atoms with van der Waals surface area (Å²) in [5.41, 5.74) is 5.88. The van der Waals surface area contributed by atoms with Gasteiger partial charge in [0.1, 0.15) is 5.82 Å². The van der Waals surface area contributed by atoms with E-state index in [0.717, 1.165) is 44.5 Å². The SMILES string of the molecule is COc1cc(-c2cccc3[nH]c(-c4c[nH]c5ccccc45)nc23)cc(OC)c1OC. The molecule has 150 valence electrons. The van der Waals surface area contributed by atoms with E-state index in [-0.39, 0.29) is 0 Å². The van der Waals surface area contributed by atoms with Gasteiger partial charge in [-0.25, -0.2) is 4.98 Å². The van der Waals surface area contributed by atoms with E-state index in [1.54, 1.807) is 21.3 Å². The number of aromatic amines is 2. The summed E-state index contributed by atoms with van der Waals surface area (Å²) in [5, 5.41) is 1.13. The van der Waals surface area contributed by atoms with Crippen LogP contribution in [0.15, 0.2) is 60.8 Å². The number of ether oxygens (including phenoxy) is 3. The molecule has 0 bridgehead atoms. The van der Waals surface area contributed by atoms with Gasteiger partial charge in [-0.2, -0.15) is 0 Å². The van der Waals surface area contributed by atoms with Crippen LogP contribution in [0.2, 0.25) is 0 Å². The van der Waals surface area contributed by atoms with Crippen molar-refractivity contribution in [1.82, 2.24) is 15.0 Å². The molecule has 0 spiro atoms. The molecule has 0 aliphatic rings. The number of hydrogen-bond acceptors (Lipinski definition) is 4. The Bertz CT molecular complexity index is 1340. The fourth-order valence-corrected chi connectivity index (χ4v) is 3.90. The van der Waals surface area contributed by atoms with Crippen molar-refractivity contribution in [1.29, 1.82) is 0 Å². The molecule has 0 radical (unpaired) electrons. The van der Waals surface area contributed by atoms with Crippen LogP contribution in [0.5, 0.6) is 17.2 Å². The summed E-state index contributed by atoms with van der Waals surface area (Å²) in [6.07, 6.45) is 1.99. The van der Waals surface area contributed by atoms with Gasteiger partial charge in [-0.05, 0) is 29.8 Å². The maximum atomic E-state index is 5.53. The molecule has 5 aromatic rings. The van der Waals surface area contributed by atoms with E-state index < -0.39 is 0 Å². The van der Waals surface area contributed by atoms with Crippen LogP contribution in [0, 0.1) is 0 Å². The van der Waals surface area contributed by atoms with E-state index >= 15 is 0 Å². The Hall–Kier alpha value is -3.93. The van der Waals surface area contributed by atoms with Crippen LogP contribution in [-0.4, -0.2) is 36.3 Å². The van der Waals surface area contributed by atoms with Gasteiger partial charge in [-0.1, -0.05) is 30.3 Å². The largest absolute Gasteiger partial charge is 0.493 e. The highest BCUT2D eigenvalue weighted by atomic mass is 16.5. The zero-order valence-corrected chi connectivity index (χ0v) is 16.9. The maximum Gasteiger partial charge on any atom is 0.203 e. The molecule has 0 atom stereocenters. The van der Waals surface area contributed by atoms with E-state index in [1.165, 1.54) is 0 Å². The lowest BCUT2D eigenvalue weighted by atomic mass is 10.0. The molecule has 0 fully saturated rings. The van der Waals surface area contributed by atoms with Crippen molar-refractivity contribution in [2.24, 2.45) is 0 Å². The van der Waals surface area contributed by atoms with Gasteiger partial charge in [0, 0.05) is 28.2 Å². The summed E-state index contributed by atoms with van der Waals surface area (Å²) >= 11 is 0. The summed E-state index contributed by atoms with van der Waals surface area (Å²) < 4.78 is 16.5. The first-order valence-corrected chi connectivity index (χ1v) is 9.59. The van der Waals surface area contributed by atoms with Crippen LogP contribution >= 0.6 is 0 Å². The minimum Gasteiger partial charge on any atom is -0.493 e. The van der Waals surface area contributed by atoms with Gasteiger partial charge in [-0.3, -0.25) is 0 Å². The number of para-hydroxylation sites is 2. The summed E-state index contributed by atoms with van der Waals surface area (Å²) in [6.45, 7) is 0. The van der Waals surface area contributed by atoms with Gasteiger partial charge < -0.3 is 24.2 Å². The molecule has 6 heteroatoms. The van der Waals surface area contributed by atoms with Crippen LogP contribution in [0.4, 0.5) is 0 Å². The number of fused-ring (bicyclic) bond motifs is 2. The predicted octanol–water partition coefficient (Wildman–Crippen LogP) is 5.40. The molecule has 0 amide bonds. The maximum absolute atomic E-state index is 5.53. The average molecular weight is 399 g/mol. The van der Waals surface area contributed by atoms with Crippen molar-refractivity contribution >= 4 is 21.9 Å². The molecule has 0 saturated carbocycles. The topological polar surface area (TPSA) is 72.2 Å². The van der Waals surface area contributed by atoms with Gasteiger partial charge in [0.25, 0.3) is 0 Å². The van der Waals surface area contributed by atoms with Crippen molar-refractivity contribution in [2.75, 3.05) is 21.3 Å². The number of nitrogens with zero attached hydrogens (tertiary/aromatic N) is 1. The molecule has 0 aliphatic carbocycles. The van der Waals surface area contributed by atoms with E-state index in [4.69, 9.17) is 19.2 Å². The number of methoxy groups -OCH3 is 3. The molecule has 2 N–H and O–H groups in total. The molecular weight excluding hydrogens is 378 g/mol. The van der Waals surface area contributed by atoms with E-state index in [1.807, 2.05) is 48.7 Å². The standard InChI is InChI=1S/C24H21N3O3/c1-28-20-11-14(12-21(29-2)23(20)30-3)15-8-6-10-19-22(15)27-24(26-19)17-13-25-18-9-5-4-7-16(17)18/h4-13,25H,1-3H3,(H,26,27). The lowest BCUT2D eigenvalue weighted by Gasteiger charge is -2.14. The molecule has 30 heavy (non-hydrogen) atoms. The number of benzene rings is 3. The Morgan fingerprint density at radius 2 is 1.50 bits per heavy atom. The van der Waals surface area contributed by atoms with E-state index in [2.05, 4.69) is 22.1 Å². The molecule has 6 nitrogen and oxygen atoms in total. The first-order chi connectivity index (χ1) is 14.7. The summed E-state index contributed by atoms with van der Waals surface area (Å²) in [6, 6.07) is 18.2. The first kappa shape index (κ1) is 18.1. The van der Waals surface area contributed by atoms with Gasteiger partial charge in [0.15, 0.2) is 11.5 Å². The van der Waals surface area contributed by atoms with Gasteiger partial charge in [0.05, 0.1) is 32.4 Å². The van der Waals surface area contributed by atoms with Crippen LogP contribution in [-0.2, 0) is 0 Å². The van der Waals surface area contributed by atoms with Crippen LogP contribution in [0.3, 0.4) is 0 Å². The third-order valence-electron chi connectivity index (χ3n) is 5.33. The van der Waals surface area contributed by atoms with Crippen molar-refractivity contribution < 1.29 is 14.2 Å². The van der Waals surface area contributed by atoms with Gasteiger partial charge in [0.2, 0.25) is 5.75 Å². The lowest BCUT2D eigenvalue weighted by molar-refractivity contribution is 0.324. The fraction of sp³-hybridized carbons (Fsp3) is 0.125. The van der Waals surface area contributed by atoms with E-state index in [0.29, 0.717) is 17.2 Å². The highest BCUT2D eigenvalue weighted by Gasteiger charge is 2.17. The second-order valence-corrected chi connectivity index (χ2v) is 6.95. The van der Waals surface area contributed by atoms with Crippen molar-refractivity contribution in [2.45, 2.75) is 0 Å². The Kier molecular flexibility index (Phi) is 4.32. The molecule has 0 saturated heterocycles. The highest BCUT2D eigenvalue weighted by Crippen LogP contribution is 2.42. The smallest absolute Gasteiger partial charge is 0.203 e. The average Bonchev–Trinajstić information content (AvgIpc) is 3.41. The third kappa shape index (κ3) is 2.76. The summed E-state index contributed by atoms with van der Waals surface area (Å²) in [5.74, 6) is 2.60. The molecule has 0 aliphatic heterocycles. The number of hydrogen-bond donors (Lipinski definition) is 2. The third-order valence-corrected chi connectivity index (χ3v) is 5.33. The molecule has 3 aromatic carbocycles. The summed E-state index contributed by atoms with van der Waals surface area (Å²) in [7, 11) is 4.83. The number of nitrogens with one attached hydrogen (secondary N) is 2. The van der Waals surface area contributed by atoms with Gasteiger partial charge >= 0.3 is 0 Å². The monoisotopic (exact) mass is 399 g/mol. The van der Waals surface area contributed by atoms with Crippen LogP contribution < -0.4 is 14.2 Å². The Balaban J connectivity index is 1.70. The number of H-pyrrole nitrogens is 2. The zero-order valence-electron chi connectivity index (χ0n) is 16.9. The van der Waals surface area contributed by atoms with Crippen LogP contribution in [0.25, 0.3) is 44.5 Å². The summed E-state index contributed by atoms with van der Waals surface area (Å²) in [4.78, 5) is 11.7. The number of aromatic nitrogens is 3. The van der Waals surface area contributed by atoms with Crippen LogP contribution in [0.1, 0.15) is 0 Å². The zero-order chi connectivity index (χ0) is 20.7. The Morgan fingerprint density at radius 1 is 0.767 bits per heavy atom. The van der Waals surface area contributed by atoms with Gasteiger partial charge in [-0.15, -0.1) is 0 Å². The molecule has 2 heterocycles. The Morgan fingerprint density at radius 3 is 2.23 bits per heavy atom. The van der Waals surface area contributed by atoms with Crippen molar-refractivity contribution in [3.63, 3.8) is 0 Å². The second kappa shape index (κ2) is 7.15. The first-order valence-electron chi connectivity index (χ1n) is 9.59. The predicted molar refractivity (Wildman–Crippen MR) is 118 cm³/mol. The fourth-order valence-electron chi connectivity index (χ4n) is 3.90. The van der Waals surface area contributed by atoms with E-state index in [9.17, 15) is 0 Å². The Labute approximate surface area is 173 Å². The number of imidazole rings is 1. The van der Waals surface area contributed by atoms with Crippen molar-refractivity contribution in [3.8, 4) is 39.8 Å².